The molecule has 0 aliphatic carbocycles. The summed E-state index contributed by atoms with van der Waals surface area (Å²) >= 11 is 0. The van der Waals surface area contributed by atoms with Gasteiger partial charge in [-0.25, -0.2) is 5.43 Å². The third kappa shape index (κ3) is 2.85. The Labute approximate surface area is 102 Å². The van der Waals surface area contributed by atoms with Crippen molar-refractivity contribution in [1.29, 1.82) is 0 Å². The van der Waals surface area contributed by atoms with Crippen LogP contribution in [0.25, 0.3) is 0 Å². The molecule has 2 rings (SSSR count). The highest BCUT2D eigenvalue weighted by Gasteiger charge is 2.16. The van der Waals surface area contributed by atoms with Crippen LogP contribution in [0.1, 0.15) is 17.4 Å². The lowest BCUT2D eigenvalue weighted by molar-refractivity contribution is -0.0498. The van der Waals surface area contributed by atoms with E-state index in [1.807, 2.05) is 0 Å². The van der Waals surface area contributed by atoms with Gasteiger partial charge in [0.25, 0.3) is 0 Å². The number of nitrogens with two attached hydrogens (primary N) is 1. The van der Waals surface area contributed by atoms with Crippen LogP contribution in [0.15, 0.2) is 47.1 Å². The molecule has 0 aliphatic heterocycles. The van der Waals surface area contributed by atoms with Gasteiger partial charge in [-0.15, -0.1) is 0 Å². The van der Waals surface area contributed by atoms with E-state index in [1.165, 1.54) is 18.4 Å². The third-order valence-corrected chi connectivity index (χ3v) is 2.41. The van der Waals surface area contributed by atoms with Gasteiger partial charge in [0.2, 0.25) is 0 Å². The van der Waals surface area contributed by atoms with E-state index in [0.29, 0.717) is 11.3 Å². The van der Waals surface area contributed by atoms with Crippen LogP contribution in [0, 0.1) is 0 Å². The highest BCUT2D eigenvalue weighted by molar-refractivity contribution is 5.34. The van der Waals surface area contributed by atoms with Gasteiger partial charge in [-0.1, -0.05) is 12.1 Å². The zero-order chi connectivity index (χ0) is 13.0. The van der Waals surface area contributed by atoms with Crippen molar-refractivity contribution >= 4 is 0 Å². The maximum absolute atomic E-state index is 12.1. The van der Waals surface area contributed by atoms with Gasteiger partial charge in [0, 0.05) is 0 Å². The molecule has 1 atom stereocenters. The first-order valence-electron chi connectivity index (χ1n) is 5.25. The molecule has 2 aromatic rings. The Balaban J connectivity index is 2.26. The Morgan fingerprint density at radius 3 is 2.67 bits per heavy atom. The van der Waals surface area contributed by atoms with E-state index < -0.39 is 12.7 Å². The fourth-order valence-electron chi connectivity index (χ4n) is 1.67. The molecule has 18 heavy (non-hydrogen) atoms. The van der Waals surface area contributed by atoms with Gasteiger partial charge in [-0.3, -0.25) is 5.84 Å². The minimum Gasteiger partial charge on any atom is -0.467 e. The molecule has 0 aliphatic rings. The van der Waals surface area contributed by atoms with Crippen LogP contribution >= 0.6 is 0 Å². The lowest BCUT2D eigenvalue weighted by Gasteiger charge is -2.15. The summed E-state index contributed by atoms with van der Waals surface area (Å²) in [6.07, 6.45) is 1.51. The molecular weight excluding hydrogens is 242 g/mol. The first kappa shape index (κ1) is 12.5. The number of hydrazine groups is 1. The van der Waals surface area contributed by atoms with Crippen molar-refractivity contribution in [3.8, 4) is 5.75 Å². The van der Waals surface area contributed by atoms with Crippen molar-refractivity contribution in [2.75, 3.05) is 0 Å². The molecule has 0 spiro atoms. The maximum atomic E-state index is 12.1. The first-order chi connectivity index (χ1) is 8.70. The van der Waals surface area contributed by atoms with Crippen LogP contribution < -0.4 is 16.0 Å². The van der Waals surface area contributed by atoms with E-state index >= 15 is 0 Å². The molecule has 0 saturated heterocycles. The predicted octanol–water partition coefficient (Wildman–Crippen LogP) is 2.43. The number of hydrogen-bond acceptors (Lipinski definition) is 4. The second-order valence-corrected chi connectivity index (χ2v) is 3.57. The van der Waals surface area contributed by atoms with E-state index in [-0.39, 0.29) is 5.75 Å². The van der Waals surface area contributed by atoms with Crippen molar-refractivity contribution in [3.05, 3.63) is 54.0 Å². The van der Waals surface area contributed by atoms with E-state index in [2.05, 4.69) is 10.2 Å². The van der Waals surface area contributed by atoms with Crippen LogP contribution in [-0.4, -0.2) is 6.61 Å². The third-order valence-electron chi connectivity index (χ3n) is 2.41. The number of nitrogens with one attached hydrogen (secondary N) is 1. The molecule has 0 bridgehead atoms. The molecule has 1 unspecified atom stereocenters. The minimum atomic E-state index is -2.85. The zero-order valence-corrected chi connectivity index (χ0v) is 9.35. The molecule has 0 saturated carbocycles. The van der Waals surface area contributed by atoms with E-state index in [9.17, 15) is 8.78 Å². The van der Waals surface area contributed by atoms with Crippen LogP contribution in [0.2, 0.25) is 0 Å². The molecular formula is C12H12F2N2O2. The predicted molar refractivity (Wildman–Crippen MR) is 60.9 cm³/mol. The highest BCUT2D eigenvalue weighted by Crippen LogP contribution is 2.25. The number of rotatable bonds is 5. The maximum Gasteiger partial charge on any atom is 0.387 e. The van der Waals surface area contributed by atoms with E-state index in [1.54, 1.807) is 24.3 Å². The molecule has 96 valence electrons. The van der Waals surface area contributed by atoms with Crippen LogP contribution in [0.3, 0.4) is 0 Å². The summed E-state index contributed by atoms with van der Waals surface area (Å²) in [4.78, 5) is 0. The normalized spacial score (nSPS) is 12.7. The summed E-state index contributed by atoms with van der Waals surface area (Å²) in [5.74, 6) is 6.12. The molecule has 4 nitrogen and oxygen atoms in total. The number of furan rings is 1. The van der Waals surface area contributed by atoms with Gasteiger partial charge in [0.15, 0.2) is 0 Å². The standard InChI is InChI=1S/C12H12F2N2O2/c13-12(14)18-9-4-1-3-8(7-9)11(16-15)10-5-2-6-17-10/h1-7,11-12,16H,15H2. The van der Waals surface area contributed by atoms with E-state index in [4.69, 9.17) is 10.3 Å². The van der Waals surface area contributed by atoms with Crippen molar-refractivity contribution in [3.63, 3.8) is 0 Å². The smallest absolute Gasteiger partial charge is 0.387 e. The Morgan fingerprint density at radius 1 is 1.22 bits per heavy atom. The average Bonchev–Trinajstić information content (AvgIpc) is 2.83. The molecule has 0 radical (unpaired) electrons. The molecule has 1 aromatic heterocycles. The van der Waals surface area contributed by atoms with Crippen LogP contribution in [-0.2, 0) is 0 Å². The van der Waals surface area contributed by atoms with Gasteiger partial charge in [0.05, 0.1) is 6.26 Å². The number of halogens is 2. The van der Waals surface area contributed by atoms with Crippen LogP contribution in [0.5, 0.6) is 5.75 Å². The molecule has 1 heterocycles. The number of hydrogen-bond donors (Lipinski definition) is 2. The molecule has 3 N–H and O–H groups in total. The Hall–Kier alpha value is -1.92. The summed E-state index contributed by atoms with van der Waals surface area (Å²) in [7, 11) is 0. The van der Waals surface area contributed by atoms with Crippen molar-refractivity contribution in [2.24, 2.45) is 5.84 Å². The quantitative estimate of drug-likeness (QED) is 0.635. The van der Waals surface area contributed by atoms with Gasteiger partial charge in [-0.05, 0) is 29.8 Å². The molecule has 6 heteroatoms. The monoisotopic (exact) mass is 254 g/mol. The largest absolute Gasteiger partial charge is 0.467 e. The fraction of sp³-hybridized carbons (Fsp3) is 0.167. The second kappa shape index (κ2) is 5.61. The number of benzene rings is 1. The van der Waals surface area contributed by atoms with E-state index in [0.717, 1.165) is 0 Å². The fourth-order valence-corrected chi connectivity index (χ4v) is 1.67. The Bertz CT molecular complexity index is 489. The highest BCUT2D eigenvalue weighted by atomic mass is 19.3. The van der Waals surface area contributed by atoms with Crippen LogP contribution in [0.4, 0.5) is 8.78 Å². The lowest BCUT2D eigenvalue weighted by atomic mass is 10.1. The summed E-state index contributed by atoms with van der Waals surface area (Å²) in [6, 6.07) is 9.34. The summed E-state index contributed by atoms with van der Waals surface area (Å²) in [6.45, 7) is -2.85. The molecule has 1 aromatic carbocycles. The van der Waals surface area contributed by atoms with Gasteiger partial charge in [0.1, 0.15) is 17.6 Å². The minimum absolute atomic E-state index is 0.0781. The second-order valence-electron chi connectivity index (χ2n) is 3.57. The lowest BCUT2D eigenvalue weighted by Crippen LogP contribution is -2.28. The van der Waals surface area contributed by atoms with Gasteiger partial charge in [-0.2, -0.15) is 8.78 Å². The number of ether oxygens (including phenoxy) is 1. The van der Waals surface area contributed by atoms with Crippen molar-refractivity contribution < 1.29 is 17.9 Å². The van der Waals surface area contributed by atoms with Gasteiger partial charge < -0.3 is 9.15 Å². The molecule has 0 amide bonds. The summed E-state index contributed by atoms with van der Waals surface area (Å²) < 4.78 is 33.8. The van der Waals surface area contributed by atoms with Crippen molar-refractivity contribution in [1.82, 2.24) is 5.43 Å². The van der Waals surface area contributed by atoms with Crippen molar-refractivity contribution in [2.45, 2.75) is 12.7 Å². The SMILES string of the molecule is NNC(c1cccc(OC(F)F)c1)c1ccco1. The Morgan fingerprint density at radius 2 is 2.06 bits per heavy atom. The van der Waals surface area contributed by atoms with Gasteiger partial charge >= 0.3 is 6.61 Å². The zero-order valence-electron chi connectivity index (χ0n) is 9.35. The topological polar surface area (TPSA) is 60.4 Å². The summed E-state index contributed by atoms with van der Waals surface area (Å²) in [5.41, 5.74) is 3.24. The summed E-state index contributed by atoms with van der Waals surface area (Å²) in [5, 5.41) is 0. The first-order valence-corrected chi connectivity index (χ1v) is 5.25. The number of alkyl halides is 2. The molecule has 0 fully saturated rings. The average molecular weight is 254 g/mol. The Kier molecular flexibility index (Phi) is 3.91.